The average Bonchev–Trinajstić information content (AvgIpc) is 2.24. The van der Waals surface area contributed by atoms with E-state index >= 15 is 0 Å². The maximum Gasteiger partial charge on any atom is 0.309 e. The number of hydrogen-bond donors (Lipinski definition) is 1. The van der Waals surface area contributed by atoms with E-state index in [9.17, 15) is 13.6 Å². The Morgan fingerprint density at radius 2 is 1.56 bits per heavy atom. The lowest BCUT2D eigenvalue weighted by molar-refractivity contribution is -0.174. The number of alkyl halides is 2. The van der Waals surface area contributed by atoms with Crippen LogP contribution in [-0.2, 0) is 9.22 Å². The molecular formula is C12H24F2O3Si. The molecule has 0 amide bonds. The standard InChI is InChI=1S/C12H24F2O3Si/c1-6-18(7-2,8-3)17-11(4,5)12(13,14)9-10(15)16/h6-9H2,1-5H3,(H,15,16). The Balaban J connectivity index is 5.08. The van der Waals surface area contributed by atoms with Gasteiger partial charge in [0.25, 0.3) is 5.92 Å². The first-order valence-electron chi connectivity index (χ1n) is 6.35. The van der Waals surface area contributed by atoms with Crippen LogP contribution in [0.4, 0.5) is 8.78 Å². The number of carboxylic acids is 1. The van der Waals surface area contributed by atoms with E-state index in [4.69, 9.17) is 9.53 Å². The molecule has 0 atom stereocenters. The van der Waals surface area contributed by atoms with E-state index in [0.29, 0.717) is 0 Å². The molecule has 6 heteroatoms. The summed E-state index contributed by atoms with van der Waals surface area (Å²) in [5.41, 5.74) is -1.74. The Labute approximate surface area is 109 Å². The minimum Gasteiger partial charge on any atom is -0.481 e. The fourth-order valence-corrected chi connectivity index (χ4v) is 5.15. The molecule has 0 bridgehead atoms. The van der Waals surface area contributed by atoms with Gasteiger partial charge in [0, 0.05) is 0 Å². The van der Waals surface area contributed by atoms with E-state index in [0.717, 1.165) is 18.1 Å². The van der Waals surface area contributed by atoms with Crippen LogP contribution in [0.15, 0.2) is 0 Å². The van der Waals surface area contributed by atoms with E-state index in [1.165, 1.54) is 13.8 Å². The summed E-state index contributed by atoms with van der Waals surface area (Å²) in [4.78, 5) is 10.5. The highest BCUT2D eigenvalue weighted by molar-refractivity contribution is 6.73. The Morgan fingerprint density at radius 3 is 1.83 bits per heavy atom. The lowest BCUT2D eigenvalue weighted by Crippen LogP contribution is -2.54. The molecule has 0 aromatic carbocycles. The Morgan fingerprint density at radius 1 is 1.17 bits per heavy atom. The van der Waals surface area contributed by atoms with Crippen molar-refractivity contribution in [2.45, 2.75) is 70.7 Å². The third-order valence-electron chi connectivity index (χ3n) is 3.66. The van der Waals surface area contributed by atoms with Crippen molar-refractivity contribution in [1.29, 1.82) is 0 Å². The third kappa shape index (κ3) is 4.02. The molecule has 0 fully saturated rings. The maximum atomic E-state index is 13.9. The van der Waals surface area contributed by atoms with Crippen LogP contribution in [0.2, 0.25) is 18.1 Å². The van der Waals surface area contributed by atoms with Crippen molar-refractivity contribution in [2.75, 3.05) is 0 Å². The Hall–Kier alpha value is -0.493. The molecule has 0 saturated carbocycles. The van der Waals surface area contributed by atoms with Gasteiger partial charge in [0.1, 0.15) is 12.0 Å². The molecule has 0 aliphatic carbocycles. The first-order chi connectivity index (χ1) is 8.06. The SMILES string of the molecule is CC[Si](CC)(CC)OC(C)(C)C(F)(F)CC(=O)O. The number of carboxylic acid groups (broad SMARTS) is 1. The zero-order valence-electron chi connectivity index (χ0n) is 11.8. The lowest BCUT2D eigenvalue weighted by Gasteiger charge is -2.42. The molecular weight excluding hydrogens is 258 g/mol. The van der Waals surface area contributed by atoms with Gasteiger partial charge >= 0.3 is 5.97 Å². The molecule has 0 rings (SSSR count). The van der Waals surface area contributed by atoms with Crippen LogP contribution >= 0.6 is 0 Å². The fourth-order valence-electron chi connectivity index (χ4n) is 1.99. The minimum absolute atomic E-state index is 0.757. The van der Waals surface area contributed by atoms with Crippen molar-refractivity contribution < 1.29 is 23.1 Å². The molecule has 0 heterocycles. The highest BCUT2D eigenvalue weighted by Gasteiger charge is 2.52. The summed E-state index contributed by atoms with van der Waals surface area (Å²) in [6.07, 6.45) is -1.19. The quantitative estimate of drug-likeness (QED) is 0.687. The van der Waals surface area contributed by atoms with E-state index in [2.05, 4.69) is 0 Å². The number of halogens is 2. The van der Waals surface area contributed by atoms with Crippen molar-refractivity contribution in [2.24, 2.45) is 0 Å². The topological polar surface area (TPSA) is 46.5 Å². The molecule has 0 spiro atoms. The van der Waals surface area contributed by atoms with E-state index < -0.39 is 32.2 Å². The summed E-state index contributed by atoms with van der Waals surface area (Å²) in [6, 6.07) is 2.27. The molecule has 0 aliphatic rings. The molecule has 0 saturated heterocycles. The fraction of sp³-hybridized carbons (Fsp3) is 0.917. The zero-order chi connectivity index (χ0) is 14.6. The summed E-state index contributed by atoms with van der Waals surface area (Å²) in [6.45, 7) is 8.43. The van der Waals surface area contributed by atoms with Gasteiger partial charge in [-0.1, -0.05) is 20.8 Å². The van der Waals surface area contributed by atoms with Crippen LogP contribution in [0, 0.1) is 0 Å². The van der Waals surface area contributed by atoms with Gasteiger partial charge in [-0.05, 0) is 32.0 Å². The summed E-state index contributed by atoms with van der Waals surface area (Å²) in [7, 11) is -2.19. The summed E-state index contributed by atoms with van der Waals surface area (Å²) in [5.74, 6) is -4.87. The van der Waals surface area contributed by atoms with Crippen molar-refractivity contribution in [3.05, 3.63) is 0 Å². The van der Waals surface area contributed by atoms with E-state index in [1.807, 2.05) is 20.8 Å². The van der Waals surface area contributed by atoms with Gasteiger partial charge < -0.3 is 9.53 Å². The second kappa shape index (κ2) is 6.10. The van der Waals surface area contributed by atoms with Crippen LogP contribution in [0.5, 0.6) is 0 Å². The molecule has 108 valence electrons. The van der Waals surface area contributed by atoms with Crippen LogP contribution in [-0.4, -0.2) is 30.9 Å². The molecule has 0 unspecified atom stereocenters. The largest absolute Gasteiger partial charge is 0.481 e. The van der Waals surface area contributed by atoms with E-state index in [1.54, 1.807) is 0 Å². The van der Waals surface area contributed by atoms with Crippen molar-refractivity contribution >= 4 is 14.3 Å². The van der Waals surface area contributed by atoms with Gasteiger partial charge in [0.05, 0.1) is 0 Å². The van der Waals surface area contributed by atoms with Crippen LogP contribution in [0.1, 0.15) is 41.0 Å². The minimum atomic E-state index is -3.36. The first kappa shape index (κ1) is 17.5. The van der Waals surface area contributed by atoms with Crippen LogP contribution < -0.4 is 0 Å². The smallest absolute Gasteiger partial charge is 0.309 e. The Bertz CT molecular complexity index is 281. The number of rotatable bonds is 8. The van der Waals surface area contributed by atoms with E-state index in [-0.39, 0.29) is 0 Å². The van der Waals surface area contributed by atoms with Crippen molar-refractivity contribution in [1.82, 2.24) is 0 Å². The van der Waals surface area contributed by atoms with Gasteiger partial charge in [0.15, 0.2) is 8.32 Å². The molecule has 3 nitrogen and oxygen atoms in total. The highest BCUT2D eigenvalue weighted by Crippen LogP contribution is 2.39. The van der Waals surface area contributed by atoms with Crippen LogP contribution in [0.25, 0.3) is 0 Å². The predicted octanol–water partition coefficient (Wildman–Crippen LogP) is 3.90. The predicted molar refractivity (Wildman–Crippen MR) is 69.6 cm³/mol. The van der Waals surface area contributed by atoms with Gasteiger partial charge in [-0.25, -0.2) is 8.78 Å². The average molecular weight is 282 g/mol. The molecule has 1 N–H and O–H groups in total. The number of aliphatic carboxylic acids is 1. The zero-order valence-corrected chi connectivity index (χ0v) is 12.8. The van der Waals surface area contributed by atoms with Crippen LogP contribution in [0.3, 0.4) is 0 Å². The molecule has 0 aromatic rings. The summed E-state index contributed by atoms with van der Waals surface area (Å²) >= 11 is 0. The van der Waals surface area contributed by atoms with Crippen molar-refractivity contribution in [3.8, 4) is 0 Å². The normalized spacial score (nSPS) is 13.7. The molecule has 18 heavy (non-hydrogen) atoms. The van der Waals surface area contributed by atoms with Gasteiger partial charge in [-0.2, -0.15) is 0 Å². The number of hydrogen-bond acceptors (Lipinski definition) is 2. The van der Waals surface area contributed by atoms with Gasteiger partial charge in [-0.15, -0.1) is 0 Å². The van der Waals surface area contributed by atoms with Gasteiger partial charge in [-0.3, -0.25) is 4.79 Å². The maximum absolute atomic E-state index is 13.9. The monoisotopic (exact) mass is 282 g/mol. The number of carbonyl (C=O) groups is 1. The van der Waals surface area contributed by atoms with Gasteiger partial charge in [0.2, 0.25) is 0 Å². The summed E-state index contributed by atoms with van der Waals surface area (Å²) < 4.78 is 33.6. The lowest BCUT2D eigenvalue weighted by atomic mass is 9.98. The second-order valence-electron chi connectivity index (χ2n) is 5.13. The Kier molecular flexibility index (Phi) is 5.93. The third-order valence-corrected chi connectivity index (χ3v) is 8.47. The molecule has 0 aliphatic heterocycles. The molecule has 0 radical (unpaired) electrons. The first-order valence-corrected chi connectivity index (χ1v) is 8.88. The highest BCUT2D eigenvalue weighted by atomic mass is 28.4. The second-order valence-corrected chi connectivity index (χ2v) is 9.82. The molecule has 0 aromatic heterocycles. The van der Waals surface area contributed by atoms with Crippen molar-refractivity contribution in [3.63, 3.8) is 0 Å². The summed E-state index contributed by atoms with van der Waals surface area (Å²) in [5, 5.41) is 8.56.